The molecule has 0 unspecified atom stereocenters. The highest BCUT2D eigenvalue weighted by Crippen LogP contribution is 2.33. The highest BCUT2D eigenvalue weighted by Gasteiger charge is 2.13. The molecule has 0 fully saturated rings. The molecule has 0 atom stereocenters. The monoisotopic (exact) mass is 373 g/mol. The summed E-state index contributed by atoms with van der Waals surface area (Å²) in [5.74, 6) is 0.118. The van der Waals surface area contributed by atoms with Gasteiger partial charge in [0, 0.05) is 59.5 Å². The molecule has 0 bridgehead atoms. The average molecular weight is 373 g/mol. The molecule has 28 heavy (non-hydrogen) atoms. The van der Waals surface area contributed by atoms with E-state index in [0.29, 0.717) is 29.0 Å². The van der Waals surface area contributed by atoms with E-state index in [4.69, 9.17) is 5.73 Å². The lowest BCUT2D eigenvalue weighted by atomic mass is 9.97. The number of aromatic nitrogens is 3. The van der Waals surface area contributed by atoms with Crippen LogP contribution in [0.3, 0.4) is 0 Å². The third kappa shape index (κ3) is 3.42. The Hall–Kier alpha value is -3.38. The molecule has 0 aliphatic heterocycles. The van der Waals surface area contributed by atoms with Gasteiger partial charge in [0.2, 0.25) is 0 Å². The predicted octanol–water partition coefficient (Wildman–Crippen LogP) is 4.14. The van der Waals surface area contributed by atoms with Crippen LogP contribution in [0.2, 0.25) is 0 Å². The number of fused-ring (bicyclic) bond motifs is 1. The second-order valence-corrected chi connectivity index (χ2v) is 6.95. The zero-order valence-electron chi connectivity index (χ0n) is 15.7. The van der Waals surface area contributed by atoms with Crippen LogP contribution in [0.15, 0.2) is 61.2 Å². The Kier molecular flexibility index (Phi) is 4.71. The quantitative estimate of drug-likeness (QED) is 0.582. The van der Waals surface area contributed by atoms with Gasteiger partial charge < -0.3 is 10.6 Å². The lowest BCUT2D eigenvalue weighted by Crippen LogP contribution is -2.13. The molecule has 0 radical (unpaired) electrons. The normalized spacial score (nSPS) is 11.3. The van der Waals surface area contributed by atoms with Gasteiger partial charge in [0.1, 0.15) is 11.6 Å². The molecule has 1 aromatic carbocycles. The number of anilines is 1. The molecular formula is C22H20FN5. The fraction of sp³-hybridized carbons (Fsp3) is 0.136. The Bertz CT molecular complexity index is 1140. The van der Waals surface area contributed by atoms with Crippen LogP contribution in [-0.2, 0) is 6.54 Å². The number of nitrogen functional groups attached to an aromatic ring is 1. The minimum absolute atomic E-state index is 0.339. The van der Waals surface area contributed by atoms with Crippen LogP contribution in [0, 0.1) is 5.82 Å². The van der Waals surface area contributed by atoms with Crippen molar-refractivity contribution in [3.05, 3.63) is 72.6 Å². The fourth-order valence-electron chi connectivity index (χ4n) is 3.31. The second-order valence-electron chi connectivity index (χ2n) is 6.95. The summed E-state index contributed by atoms with van der Waals surface area (Å²) >= 11 is 0. The van der Waals surface area contributed by atoms with Crippen molar-refractivity contribution in [2.75, 3.05) is 19.8 Å². The van der Waals surface area contributed by atoms with Gasteiger partial charge in [-0.2, -0.15) is 0 Å². The molecule has 0 aliphatic carbocycles. The van der Waals surface area contributed by atoms with Gasteiger partial charge in [-0.3, -0.25) is 9.97 Å². The number of nitrogens with two attached hydrogens (primary N) is 1. The van der Waals surface area contributed by atoms with E-state index in [1.54, 1.807) is 24.8 Å². The van der Waals surface area contributed by atoms with E-state index >= 15 is 0 Å². The summed E-state index contributed by atoms with van der Waals surface area (Å²) in [6, 6.07) is 11.0. The Morgan fingerprint density at radius 3 is 2.46 bits per heavy atom. The standard InChI is InChI=1S/C22H20FN5/c1-28(2)13-16-9-15(12-27-22(16)24)18-10-19-17(14-3-6-25-7-4-14)5-8-26-21(19)11-20(18)23/h3-12H,13H2,1-2H3,(H2,24,27). The van der Waals surface area contributed by atoms with Gasteiger partial charge in [0.05, 0.1) is 5.52 Å². The number of pyridine rings is 3. The fourth-order valence-corrected chi connectivity index (χ4v) is 3.31. The van der Waals surface area contributed by atoms with E-state index in [2.05, 4.69) is 15.0 Å². The van der Waals surface area contributed by atoms with Crippen molar-refractivity contribution >= 4 is 16.7 Å². The molecule has 0 aliphatic rings. The summed E-state index contributed by atoms with van der Waals surface area (Å²) in [5.41, 5.74) is 10.6. The van der Waals surface area contributed by atoms with Crippen LogP contribution < -0.4 is 5.73 Å². The Balaban J connectivity index is 1.90. The first-order valence-corrected chi connectivity index (χ1v) is 8.91. The predicted molar refractivity (Wildman–Crippen MR) is 110 cm³/mol. The van der Waals surface area contributed by atoms with Gasteiger partial charge in [0.25, 0.3) is 0 Å². The molecule has 0 amide bonds. The topological polar surface area (TPSA) is 67.9 Å². The molecule has 0 saturated heterocycles. The van der Waals surface area contributed by atoms with Crippen molar-refractivity contribution in [2.45, 2.75) is 6.54 Å². The van der Waals surface area contributed by atoms with Crippen molar-refractivity contribution in [1.82, 2.24) is 19.9 Å². The number of rotatable bonds is 4. The molecule has 2 N–H and O–H groups in total. The average Bonchev–Trinajstić information content (AvgIpc) is 2.69. The lowest BCUT2D eigenvalue weighted by Gasteiger charge is -2.14. The summed E-state index contributed by atoms with van der Waals surface area (Å²) in [5, 5.41) is 0.871. The molecule has 4 aromatic rings. The van der Waals surface area contributed by atoms with E-state index in [-0.39, 0.29) is 5.82 Å². The van der Waals surface area contributed by atoms with Gasteiger partial charge in [-0.05, 0) is 55.6 Å². The van der Waals surface area contributed by atoms with Crippen molar-refractivity contribution in [2.24, 2.45) is 0 Å². The lowest BCUT2D eigenvalue weighted by molar-refractivity contribution is 0.403. The number of benzene rings is 1. The summed E-state index contributed by atoms with van der Waals surface area (Å²) in [4.78, 5) is 14.7. The summed E-state index contributed by atoms with van der Waals surface area (Å²) < 4.78 is 14.9. The van der Waals surface area contributed by atoms with E-state index < -0.39 is 0 Å². The largest absolute Gasteiger partial charge is 0.383 e. The Labute approximate surface area is 162 Å². The molecule has 5 nitrogen and oxygen atoms in total. The number of nitrogens with zero attached hydrogens (tertiary/aromatic N) is 4. The molecule has 3 aromatic heterocycles. The highest BCUT2D eigenvalue weighted by molar-refractivity contribution is 5.97. The number of halogens is 1. The van der Waals surface area contributed by atoms with Crippen molar-refractivity contribution in [1.29, 1.82) is 0 Å². The van der Waals surface area contributed by atoms with E-state index in [0.717, 1.165) is 22.1 Å². The molecule has 0 saturated carbocycles. The minimum atomic E-state index is -0.339. The number of hydrogen-bond acceptors (Lipinski definition) is 5. The first kappa shape index (κ1) is 18.0. The summed E-state index contributed by atoms with van der Waals surface area (Å²) in [6.45, 7) is 0.631. The first-order valence-electron chi connectivity index (χ1n) is 8.91. The highest BCUT2D eigenvalue weighted by atomic mass is 19.1. The number of hydrogen-bond donors (Lipinski definition) is 1. The zero-order valence-corrected chi connectivity index (χ0v) is 15.7. The SMILES string of the molecule is CN(C)Cc1cc(-c2cc3c(-c4ccncc4)ccnc3cc2F)cnc1N. The maximum atomic E-state index is 14.9. The van der Waals surface area contributed by atoms with Gasteiger partial charge in [0.15, 0.2) is 0 Å². The van der Waals surface area contributed by atoms with E-state index in [1.807, 2.05) is 49.3 Å². The third-order valence-corrected chi connectivity index (χ3v) is 4.62. The second kappa shape index (κ2) is 7.32. The van der Waals surface area contributed by atoms with Gasteiger partial charge in [-0.1, -0.05) is 0 Å². The zero-order chi connectivity index (χ0) is 19.7. The van der Waals surface area contributed by atoms with Gasteiger partial charge in [-0.15, -0.1) is 0 Å². The van der Waals surface area contributed by atoms with Gasteiger partial charge in [-0.25, -0.2) is 9.37 Å². The van der Waals surface area contributed by atoms with Crippen LogP contribution in [0.5, 0.6) is 0 Å². The minimum Gasteiger partial charge on any atom is -0.383 e. The van der Waals surface area contributed by atoms with Crippen LogP contribution in [0.4, 0.5) is 10.2 Å². The molecule has 3 heterocycles. The van der Waals surface area contributed by atoms with Crippen LogP contribution in [-0.4, -0.2) is 33.9 Å². The van der Waals surface area contributed by atoms with Crippen molar-refractivity contribution in [3.8, 4) is 22.3 Å². The third-order valence-electron chi connectivity index (χ3n) is 4.62. The maximum absolute atomic E-state index is 14.9. The molecule has 6 heteroatoms. The van der Waals surface area contributed by atoms with Gasteiger partial charge >= 0.3 is 0 Å². The van der Waals surface area contributed by atoms with Crippen LogP contribution in [0.25, 0.3) is 33.2 Å². The van der Waals surface area contributed by atoms with Crippen molar-refractivity contribution in [3.63, 3.8) is 0 Å². The van der Waals surface area contributed by atoms with E-state index in [9.17, 15) is 4.39 Å². The van der Waals surface area contributed by atoms with Crippen LogP contribution >= 0.6 is 0 Å². The summed E-state index contributed by atoms with van der Waals surface area (Å²) in [6.07, 6.45) is 6.78. The van der Waals surface area contributed by atoms with Crippen molar-refractivity contribution < 1.29 is 4.39 Å². The molecule has 140 valence electrons. The first-order chi connectivity index (χ1) is 13.5. The van der Waals surface area contributed by atoms with Crippen LogP contribution in [0.1, 0.15) is 5.56 Å². The molecular weight excluding hydrogens is 353 g/mol. The summed E-state index contributed by atoms with van der Waals surface area (Å²) in [7, 11) is 3.91. The Morgan fingerprint density at radius 2 is 1.71 bits per heavy atom. The maximum Gasteiger partial charge on any atom is 0.133 e. The Morgan fingerprint density at radius 1 is 0.929 bits per heavy atom. The smallest absolute Gasteiger partial charge is 0.133 e. The van der Waals surface area contributed by atoms with E-state index in [1.165, 1.54) is 6.07 Å². The molecule has 0 spiro atoms. The molecule has 4 rings (SSSR count).